The van der Waals surface area contributed by atoms with Crippen LogP contribution in [0.1, 0.15) is 19.8 Å². The highest BCUT2D eigenvalue weighted by atomic mass is 32.2. The summed E-state index contributed by atoms with van der Waals surface area (Å²) in [5.74, 6) is 0. The second kappa shape index (κ2) is 5.56. The molecular formula is C8H14N2S2. The van der Waals surface area contributed by atoms with Gasteiger partial charge < -0.3 is 5.73 Å². The summed E-state index contributed by atoms with van der Waals surface area (Å²) in [6.45, 7) is 2.97. The van der Waals surface area contributed by atoms with Crippen LogP contribution in [0.25, 0.3) is 0 Å². The lowest BCUT2D eigenvalue weighted by Crippen LogP contribution is -2.09. The van der Waals surface area contributed by atoms with Crippen LogP contribution in [0, 0.1) is 0 Å². The van der Waals surface area contributed by atoms with E-state index in [2.05, 4.69) is 11.9 Å². The molecule has 0 aliphatic carbocycles. The first kappa shape index (κ1) is 10.0. The normalized spacial score (nSPS) is 13.2. The zero-order valence-electron chi connectivity index (χ0n) is 7.19. The van der Waals surface area contributed by atoms with Crippen LogP contribution in [0.3, 0.4) is 0 Å². The SMILES string of the molecule is CCC(CCN)Sc1nccs1. The predicted octanol–water partition coefficient (Wildman–Crippen LogP) is 2.36. The van der Waals surface area contributed by atoms with E-state index in [0.29, 0.717) is 5.25 Å². The van der Waals surface area contributed by atoms with Crippen molar-refractivity contribution in [3.05, 3.63) is 11.6 Å². The molecule has 0 fully saturated rings. The van der Waals surface area contributed by atoms with Crippen molar-refractivity contribution in [2.24, 2.45) is 5.73 Å². The summed E-state index contributed by atoms with van der Waals surface area (Å²) in [6.07, 6.45) is 4.10. The maximum atomic E-state index is 5.50. The fraction of sp³-hybridized carbons (Fsp3) is 0.625. The molecule has 0 saturated carbocycles. The monoisotopic (exact) mass is 202 g/mol. The van der Waals surface area contributed by atoms with Gasteiger partial charge in [-0.2, -0.15) is 0 Å². The van der Waals surface area contributed by atoms with Gasteiger partial charge in [-0.3, -0.25) is 0 Å². The summed E-state index contributed by atoms with van der Waals surface area (Å²) in [6, 6.07) is 0. The molecule has 0 spiro atoms. The number of hydrogen-bond acceptors (Lipinski definition) is 4. The maximum absolute atomic E-state index is 5.50. The molecule has 0 amide bonds. The van der Waals surface area contributed by atoms with Crippen LogP contribution in [-0.2, 0) is 0 Å². The molecule has 0 aliphatic heterocycles. The molecule has 0 aliphatic rings. The summed E-state index contributed by atoms with van der Waals surface area (Å²) < 4.78 is 1.16. The summed E-state index contributed by atoms with van der Waals surface area (Å²) in [7, 11) is 0. The van der Waals surface area contributed by atoms with Gasteiger partial charge in [0.05, 0.1) is 0 Å². The second-order valence-corrected chi connectivity index (χ2v) is 4.97. The lowest BCUT2D eigenvalue weighted by Gasteiger charge is -2.09. The number of hydrogen-bond donors (Lipinski definition) is 1. The van der Waals surface area contributed by atoms with Crippen LogP contribution >= 0.6 is 23.1 Å². The van der Waals surface area contributed by atoms with Gasteiger partial charge in [0.2, 0.25) is 0 Å². The second-order valence-electron chi connectivity index (χ2n) is 2.52. The van der Waals surface area contributed by atoms with Gasteiger partial charge in [-0.05, 0) is 19.4 Å². The van der Waals surface area contributed by atoms with Gasteiger partial charge in [0.15, 0.2) is 0 Å². The first-order valence-corrected chi connectivity index (χ1v) is 5.89. The van der Waals surface area contributed by atoms with Crippen molar-refractivity contribution in [3.8, 4) is 0 Å². The van der Waals surface area contributed by atoms with Gasteiger partial charge in [0.25, 0.3) is 0 Å². The van der Waals surface area contributed by atoms with Crippen molar-refractivity contribution in [1.29, 1.82) is 0 Å². The molecule has 0 aromatic carbocycles. The minimum absolute atomic E-state index is 0.640. The smallest absolute Gasteiger partial charge is 0.150 e. The van der Waals surface area contributed by atoms with Crippen molar-refractivity contribution in [1.82, 2.24) is 4.98 Å². The molecule has 2 nitrogen and oxygen atoms in total. The topological polar surface area (TPSA) is 38.9 Å². The number of rotatable bonds is 5. The molecule has 12 heavy (non-hydrogen) atoms. The van der Waals surface area contributed by atoms with Crippen LogP contribution in [0.4, 0.5) is 0 Å². The Kier molecular flexibility index (Phi) is 4.65. The van der Waals surface area contributed by atoms with Crippen LogP contribution < -0.4 is 5.73 Å². The van der Waals surface area contributed by atoms with E-state index in [-0.39, 0.29) is 0 Å². The lowest BCUT2D eigenvalue weighted by atomic mass is 10.2. The van der Waals surface area contributed by atoms with Crippen molar-refractivity contribution >= 4 is 23.1 Å². The molecular weight excluding hydrogens is 188 g/mol. The Morgan fingerprint density at radius 3 is 3.08 bits per heavy atom. The van der Waals surface area contributed by atoms with Gasteiger partial charge in [-0.15, -0.1) is 11.3 Å². The molecule has 0 radical (unpaired) electrons. The van der Waals surface area contributed by atoms with E-state index in [1.807, 2.05) is 23.3 Å². The highest BCUT2D eigenvalue weighted by Crippen LogP contribution is 2.28. The largest absolute Gasteiger partial charge is 0.330 e. The maximum Gasteiger partial charge on any atom is 0.150 e. The molecule has 68 valence electrons. The Balaban J connectivity index is 2.37. The number of thioether (sulfide) groups is 1. The number of thiazole rings is 1. The van der Waals surface area contributed by atoms with E-state index >= 15 is 0 Å². The molecule has 1 heterocycles. The van der Waals surface area contributed by atoms with Gasteiger partial charge in [-0.1, -0.05) is 18.7 Å². The van der Waals surface area contributed by atoms with E-state index < -0.39 is 0 Å². The Labute approximate surface area is 81.6 Å². The third-order valence-corrected chi connectivity index (χ3v) is 3.97. The molecule has 1 aromatic rings. The van der Waals surface area contributed by atoms with Crippen LogP contribution in [-0.4, -0.2) is 16.8 Å². The average molecular weight is 202 g/mol. The van der Waals surface area contributed by atoms with E-state index in [9.17, 15) is 0 Å². The molecule has 4 heteroatoms. The average Bonchev–Trinajstić information content (AvgIpc) is 2.56. The molecule has 2 N–H and O–H groups in total. The third-order valence-electron chi connectivity index (χ3n) is 1.62. The Hall–Kier alpha value is -0.0600. The van der Waals surface area contributed by atoms with Gasteiger partial charge in [0, 0.05) is 16.8 Å². The quantitative estimate of drug-likeness (QED) is 0.745. The number of nitrogens with two attached hydrogens (primary N) is 1. The summed E-state index contributed by atoms with van der Waals surface area (Å²) >= 11 is 3.55. The molecule has 0 bridgehead atoms. The molecule has 1 rings (SSSR count). The summed E-state index contributed by atoms with van der Waals surface area (Å²) in [5, 5.41) is 2.65. The van der Waals surface area contributed by atoms with Crippen molar-refractivity contribution in [2.75, 3.05) is 6.54 Å². The van der Waals surface area contributed by atoms with Crippen LogP contribution in [0.5, 0.6) is 0 Å². The minimum atomic E-state index is 0.640. The molecule has 1 unspecified atom stereocenters. The van der Waals surface area contributed by atoms with E-state index in [0.717, 1.165) is 17.3 Å². The van der Waals surface area contributed by atoms with Crippen molar-refractivity contribution in [2.45, 2.75) is 29.4 Å². The first-order chi connectivity index (χ1) is 5.86. The Morgan fingerprint density at radius 1 is 1.75 bits per heavy atom. The van der Waals surface area contributed by atoms with Gasteiger partial charge >= 0.3 is 0 Å². The lowest BCUT2D eigenvalue weighted by molar-refractivity contribution is 0.745. The van der Waals surface area contributed by atoms with E-state index in [1.54, 1.807) is 11.3 Å². The standard InChI is InChI=1S/C8H14N2S2/c1-2-7(3-4-9)12-8-10-5-6-11-8/h5-7H,2-4,9H2,1H3. The minimum Gasteiger partial charge on any atom is -0.330 e. The summed E-state index contributed by atoms with van der Waals surface area (Å²) in [4.78, 5) is 4.23. The zero-order valence-corrected chi connectivity index (χ0v) is 8.83. The van der Waals surface area contributed by atoms with E-state index in [4.69, 9.17) is 5.73 Å². The number of nitrogens with zero attached hydrogens (tertiary/aromatic N) is 1. The highest BCUT2D eigenvalue weighted by Gasteiger charge is 2.08. The fourth-order valence-corrected chi connectivity index (χ4v) is 2.93. The first-order valence-electron chi connectivity index (χ1n) is 4.13. The zero-order chi connectivity index (χ0) is 8.81. The van der Waals surface area contributed by atoms with Crippen LogP contribution in [0.2, 0.25) is 0 Å². The highest BCUT2D eigenvalue weighted by molar-refractivity contribution is 8.01. The van der Waals surface area contributed by atoms with E-state index in [1.165, 1.54) is 6.42 Å². The Morgan fingerprint density at radius 2 is 2.58 bits per heavy atom. The summed E-state index contributed by atoms with van der Waals surface area (Å²) in [5.41, 5.74) is 5.50. The van der Waals surface area contributed by atoms with Crippen molar-refractivity contribution < 1.29 is 0 Å². The fourth-order valence-electron chi connectivity index (χ4n) is 0.943. The number of aromatic nitrogens is 1. The van der Waals surface area contributed by atoms with Crippen LogP contribution in [0.15, 0.2) is 15.9 Å². The molecule has 1 aromatic heterocycles. The molecule has 0 saturated heterocycles. The van der Waals surface area contributed by atoms with Gasteiger partial charge in [-0.25, -0.2) is 4.98 Å². The molecule has 1 atom stereocenters. The van der Waals surface area contributed by atoms with Crippen molar-refractivity contribution in [3.63, 3.8) is 0 Å². The van der Waals surface area contributed by atoms with Gasteiger partial charge in [0.1, 0.15) is 4.34 Å². The predicted molar refractivity (Wildman–Crippen MR) is 55.7 cm³/mol. The third kappa shape index (κ3) is 3.13. The Bertz CT molecular complexity index is 199.